The Morgan fingerprint density at radius 1 is 0.600 bits per heavy atom. The van der Waals surface area contributed by atoms with E-state index in [1.807, 2.05) is 0 Å². The number of ether oxygens (including phenoxy) is 7. The fourth-order valence-corrected chi connectivity index (χ4v) is 11.8. The van der Waals surface area contributed by atoms with Crippen molar-refractivity contribution in [2.75, 3.05) is 77.3 Å². The monoisotopic (exact) mass is 1870 g/mol. The number of aliphatic hydroxyl groups is 1. The van der Waals surface area contributed by atoms with Crippen molar-refractivity contribution < 1.29 is 123 Å². The topological polar surface area (TPSA) is 403 Å². The first-order chi connectivity index (χ1) is 49.2. The molecule has 3 fully saturated rings. The Balaban J connectivity index is 0.000000611. The maximum Gasteiger partial charge on any atom is 1.00 e. The molecule has 0 atom stereocenters. The zero-order chi connectivity index (χ0) is 78.5. The molecule has 105 heavy (non-hydrogen) atoms. The molecule has 1 spiro atoms. The number of nitrogens with zero attached hydrogens (tertiary/aromatic N) is 7. The molecule has 7 heterocycles. The maximum absolute atomic E-state index is 12.0. The first-order valence-corrected chi connectivity index (χ1v) is 38.5. The van der Waals surface area contributed by atoms with Crippen LogP contribution < -0.4 is 52.4 Å². The third-order valence-corrected chi connectivity index (χ3v) is 19.6. The molecule has 10 rings (SSSR count). The van der Waals surface area contributed by atoms with Gasteiger partial charge in [-0.2, -0.15) is 5.26 Å². The molecule has 566 valence electrons. The van der Waals surface area contributed by atoms with Gasteiger partial charge in [0.15, 0.2) is 17.3 Å². The number of ketones is 4. The fourth-order valence-electron chi connectivity index (χ4n) is 8.06. The van der Waals surface area contributed by atoms with Gasteiger partial charge in [-0.05, 0) is 197 Å². The summed E-state index contributed by atoms with van der Waals surface area (Å²) < 4.78 is 81.7. The quantitative estimate of drug-likeness (QED) is 0.0201. The van der Waals surface area contributed by atoms with Crippen LogP contribution in [0.5, 0.6) is 35.3 Å². The van der Waals surface area contributed by atoms with Crippen molar-refractivity contribution in [3.63, 3.8) is 0 Å². The largest absolute Gasteiger partial charge is 1.00 e. The summed E-state index contributed by atoms with van der Waals surface area (Å²) in [5.74, 6) is 0.528. The van der Waals surface area contributed by atoms with Crippen LogP contribution in [0.1, 0.15) is 142 Å². The average molecular weight is 1880 g/mol. The predicted octanol–water partition coefficient (Wildman–Crippen LogP) is 12.2. The molecule has 2 N–H and O–H groups in total. The number of fused-ring (bicyclic) bond motifs is 1. The molecule has 0 aromatic carbocycles. The molecule has 0 radical (unpaired) electrons. The number of allylic oxidation sites excluding steroid dienone is 2. The Bertz CT molecular complexity index is 4080. The van der Waals surface area contributed by atoms with Crippen molar-refractivity contribution in [2.24, 2.45) is 0 Å². The van der Waals surface area contributed by atoms with Crippen LogP contribution in [0.15, 0.2) is 118 Å². The first-order valence-electron chi connectivity index (χ1n) is 30.4. The number of pyridine rings is 6. The Labute approximate surface area is 671 Å². The number of Topliss-reactive ketones (excluding diaryl/α,β-unsaturated/α-hetero) is 3. The number of rotatable bonds is 18. The molecule has 3 aliphatic carbocycles. The van der Waals surface area contributed by atoms with Crippen molar-refractivity contribution in [1.29, 1.82) is 5.26 Å². The molecular formula is C67H78Br6LiN7O22P2. The normalized spacial score (nSPS) is 13.1. The molecule has 0 saturated heterocycles. The molecule has 3 saturated carbocycles. The number of carboxylic acid groups (broad SMARTS) is 1. The molecule has 38 heteroatoms. The number of hydrogen-bond donors (Lipinski definition) is 2. The summed E-state index contributed by atoms with van der Waals surface area (Å²) in [5.41, 5.74) is 2.86. The summed E-state index contributed by atoms with van der Waals surface area (Å²) in [6.07, 6.45) is 20.2. The van der Waals surface area contributed by atoms with Gasteiger partial charge in [-0.3, -0.25) is 28.3 Å². The van der Waals surface area contributed by atoms with Crippen molar-refractivity contribution in [1.82, 2.24) is 29.9 Å². The zero-order valence-electron chi connectivity index (χ0n) is 59.8. The van der Waals surface area contributed by atoms with E-state index in [4.69, 9.17) is 52.9 Å². The summed E-state index contributed by atoms with van der Waals surface area (Å²) in [7, 11) is 6.38. The second kappa shape index (κ2) is 49.7. The first kappa shape index (κ1) is 96.8. The van der Waals surface area contributed by atoms with Gasteiger partial charge in [-0.25, -0.2) is 39.5 Å². The fraction of sp³-hybridized carbons (Fsp3) is 0.388. The standard InChI is InChI=1S/C12H12BrNO2.C11H10BrNO2.2C10H13BrNO5P.C8H8BrNO3.C7H6BrNO3.C4H6O.C3H8O.C2H3N.Li/c1-16-12-10(6-9(13)7-14-12)11(15)5-8-3-2-4-8;12-7-4-8-9(14)5-11(2-1-3-11)15-10(8)13-6-7;2*1-15-10-8(4-7(11)5-12-10)9(13)6-18(14,16-2)17-3;1-12-7-6(8(11)13-2)3-5(9)4-10-7;1-12-6-5(7(10)11)2-4(8)3-9-6;5-4-2-1-3-4;1-3(2)4;1-2-3;/h5-7H,2-4H2,1H3;4,6H,1-3,5H2;4-5H,6H2,1-3H3;4-6,13H,1-3H3;3-4H,1-2H3;2-3H,1H3,(H,10,11);1-3H2;3-4H,1-2H3;1H3;/q;;;;;;;;;+1/p-1/b;;;9-6-;;;;;;. The van der Waals surface area contributed by atoms with Gasteiger partial charge >= 0.3 is 46.0 Å². The minimum Gasteiger partial charge on any atom is -0.872 e. The van der Waals surface area contributed by atoms with Gasteiger partial charge in [0.1, 0.15) is 28.7 Å². The number of carboxylic acids is 1. The zero-order valence-corrected chi connectivity index (χ0v) is 71.1. The van der Waals surface area contributed by atoms with E-state index < -0.39 is 38.7 Å². The van der Waals surface area contributed by atoms with E-state index in [1.54, 1.807) is 68.8 Å². The van der Waals surface area contributed by atoms with Gasteiger partial charge < -0.3 is 66.6 Å². The number of esters is 1. The van der Waals surface area contributed by atoms with Crippen LogP contribution in [0.3, 0.4) is 0 Å². The Morgan fingerprint density at radius 3 is 1.32 bits per heavy atom. The van der Waals surface area contributed by atoms with Gasteiger partial charge in [0, 0.05) is 130 Å². The second-order valence-corrected chi connectivity index (χ2v) is 31.1. The average Bonchev–Trinajstić information content (AvgIpc) is 0.762. The number of aliphatic hydroxyl groups excluding tert-OH is 1. The number of aromatic nitrogens is 6. The Morgan fingerprint density at radius 2 is 0.962 bits per heavy atom. The van der Waals surface area contributed by atoms with Crippen LogP contribution in [0.25, 0.3) is 5.76 Å². The van der Waals surface area contributed by atoms with E-state index in [-0.39, 0.29) is 88.5 Å². The van der Waals surface area contributed by atoms with E-state index >= 15 is 0 Å². The summed E-state index contributed by atoms with van der Waals surface area (Å²) in [4.78, 5) is 91.3. The predicted molar refractivity (Wildman–Crippen MR) is 403 cm³/mol. The number of hydrogen-bond acceptors (Lipinski definition) is 28. The third-order valence-electron chi connectivity index (χ3n) is 13.6. The molecule has 6 aromatic rings. The number of aromatic carboxylic acids is 1. The Kier molecular flexibility index (Phi) is 45.8. The van der Waals surface area contributed by atoms with E-state index in [9.17, 15) is 43.0 Å². The number of methoxy groups -OCH3 is 6. The van der Waals surface area contributed by atoms with Crippen LogP contribution in [0.2, 0.25) is 0 Å². The van der Waals surface area contributed by atoms with E-state index in [0.717, 1.165) is 66.1 Å². The maximum atomic E-state index is 12.0. The molecule has 0 amide bonds. The molecule has 0 unspecified atom stereocenters. The van der Waals surface area contributed by atoms with Crippen LogP contribution in [0.4, 0.5) is 0 Å². The molecule has 29 nitrogen and oxygen atoms in total. The van der Waals surface area contributed by atoms with Crippen molar-refractivity contribution >= 4 is 152 Å². The van der Waals surface area contributed by atoms with Gasteiger partial charge in [-0.15, -0.1) is 0 Å². The minimum absolute atomic E-state index is 0. The van der Waals surface area contributed by atoms with E-state index in [2.05, 4.69) is 139 Å². The van der Waals surface area contributed by atoms with Crippen LogP contribution in [-0.2, 0) is 36.8 Å². The molecule has 1 aliphatic heterocycles. The number of carbonyl (C=O) groups excluding carboxylic acids is 5. The van der Waals surface area contributed by atoms with Gasteiger partial charge in [0.05, 0.1) is 71.8 Å². The minimum atomic E-state index is -3.52. The number of carbonyl (C=O) groups is 6. The summed E-state index contributed by atoms with van der Waals surface area (Å²) in [5, 5.41) is 36.0. The molecular weight excluding hydrogens is 1800 g/mol. The van der Waals surface area contributed by atoms with E-state index in [0.29, 0.717) is 58.5 Å². The second-order valence-electron chi connectivity index (χ2n) is 21.3. The van der Waals surface area contributed by atoms with Crippen LogP contribution in [0, 0.1) is 11.3 Å². The molecule has 0 bridgehead atoms. The van der Waals surface area contributed by atoms with Crippen molar-refractivity contribution in [3.05, 3.63) is 151 Å². The van der Waals surface area contributed by atoms with Crippen molar-refractivity contribution in [3.8, 4) is 41.3 Å². The Hall–Kier alpha value is -6.17. The number of halogens is 6. The summed E-state index contributed by atoms with van der Waals surface area (Å²) in [6, 6.07) is 11.4. The van der Waals surface area contributed by atoms with Crippen LogP contribution >= 0.6 is 111 Å². The molecule has 4 aliphatic rings. The third kappa shape index (κ3) is 33.5. The smallest absolute Gasteiger partial charge is 0.872 e. The SMILES string of the molecule is CC#N.CC(C)O.COC(=O)c1cc(Br)cnc1OC.COc1ncc(Br)cc1/C([O-])=C/P(=O)(OC)OC.COc1ncc(Br)cc1C(=O)C=C1CCC1.COc1ncc(Br)cc1C(=O)CP(=O)(OC)OC.COc1ncc(Br)cc1C(=O)O.O=C1CC2(CCC2)Oc2ncc(Br)cc21.O=C1CCC1.[Li+]. The molecule has 6 aromatic heterocycles. The summed E-state index contributed by atoms with van der Waals surface area (Å²) in [6.45, 7) is 4.88. The number of nitriles is 1. The van der Waals surface area contributed by atoms with Gasteiger partial charge in [0.25, 0.3) is 0 Å². The van der Waals surface area contributed by atoms with Crippen molar-refractivity contribution in [2.45, 2.75) is 96.7 Å². The van der Waals surface area contributed by atoms with Gasteiger partial charge in [-0.1, -0.05) is 11.3 Å². The van der Waals surface area contributed by atoms with Gasteiger partial charge in [0.2, 0.25) is 35.3 Å². The van der Waals surface area contributed by atoms with E-state index in [1.165, 1.54) is 121 Å². The summed E-state index contributed by atoms with van der Waals surface area (Å²) >= 11 is 19.3. The van der Waals surface area contributed by atoms with Crippen LogP contribution in [-0.4, -0.2) is 164 Å².